The van der Waals surface area contributed by atoms with Crippen molar-refractivity contribution in [3.8, 4) is 0 Å². The number of carbonyl (C=O) groups excluding carboxylic acids is 1. The predicted molar refractivity (Wildman–Crippen MR) is 87.4 cm³/mol. The molecule has 0 spiro atoms. The summed E-state index contributed by atoms with van der Waals surface area (Å²) in [6.45, 7) is 3.29. The molecule has 0 bridgehead atoms. The van der Waals surface area contributed by atoms with Gasteiger partial charge in [-0.05, 0) is 24.6 Å². The number of piperazine rings is 1. The van der Waals surface area contributed by atoms with E-state index in [2.05, 4.69) is 9.97 Å². The highest BCUT2D eigenvalue weighted by Crippen LogP contribution is 2.14. The van der Waals surface area contributed by atoms with Crippen molar-refractivity contribution in [1.29, 1.82) is 0 Å². The molecule has 1 aliphatic heterocycles. The molecule has 1 aliphatic rings. The Labute approximate surface area is 135 Å². The number of hydrogen-bond acceptors (Lipinski definition) is 4. The number of sulfonamides is 1. The number of H-pyrrole nitrogens is 1. The first-order valence-electron chi connectivity index (χ1n) is 7.67. The van der Waals surface area contributed by atoms with E-state index in [1.54, 1.807) is 18.2 Å². The van der Waals surface area contributed by atoms with E-state index in [9.17, 15) is 13.2 Å². The lowest BCUT2D eigenvalue weighted by molar-refractivity contribution is -0.131. The van der Waals surface area contributed by atoms with Gasteiger partial charge in [0.15, 0.2) is 0 Å². The van der Waals surface area contributed by atoms with Gasteiger partial charge in [0, 0.05) is 26.2 Å². The highest BCUT2D eigenvalue weighted by molar-refractivity contribution is 7.89. The highest BCUT2D eigenvalue weighted by atomic mass is 32.2. The Balaban J connectivity index is 1.61. The maximum Gasteiger partial charge on any atom is 0.227 e. The second-order valence-corrected chi connectivity index (χ2v) is 7.87. The van der Waals surface area contributed by atoms with Gasteiger partial charge in [-0.25, -0.2) is 13.4 Å². The quantitative estimate of drug-likeness (QED) is 0.886. The van der Waals surface area contributed by atoms with Gasteiger partial charge in [-0.2, -0.15) is 4.31 Å². The molecular weight excluding hydrogens is 316 g/mol. The number of benzene rings is 1. The normalized spacial score (nSPS) is 16.8. The van der Waals surface area contributed by atoms with Crippen LogP contribution in [-0.4, -0.2) is 65.4 Å². The number of imidazole rings is 1. The van der Waals surface area contributed by atoms with Gasteiger partial charge in [-0.15, -0.1) is 0 Å². The fourth-order valence-electron chi connectivity index (χ4n) is 2.78. The largest absolute Gasteiger partial charge is 0.345 e. The van der Waals surface area contributed by atoms with Crippen LogP contribution in [0.2, 0.25) is 0 Å². The Hall–Kier alpha value is -1.93. The molecule has 1 N–H and O–H groups in total. The van der Waals surface area contributed by atoms with Gasteiger partial charge in [0.2, 0.25) is 15.9 Å². The maximum atomic E-state index is 12.4. The number of nitrogens with one attached hydrogen (secondary N) is 1. The third kappa shape index (κ3) is 3.37. The smallest absolute Gasteiger partial charge is 0.227 e. The predicted octanol–water partition coefficient (Wildman–Crippen LogP) is 0.599. The van der Waals surface area contributed by atoms with E-state index in [-0.39, 0.29) is 11.7 Å². The van der Waals surface area contributed by atoms with Crippen molar-refractivity contribution in [2.45, 2.75) is 13.3 Å². The van der Waals surface area contributed by atoms with E-state index in [0.717, 1.165) is 16.6 Å². The summed E-state index contributed by atoms with van der Waals surface area (Å²) in [5.41, 5.74) is 2.71. The summed E-state index contributed by atoms with van der Waals surface area (Å²) >= 11 is 0. The third-order valence-corrected chi connectivity index (χ3v) is 6.07. The average molecular weight is 336 g/mol. The zero-order valence-corrected chi connectivity index (χ0v) is 13.8. The van der Waals surface area contributed by atoms with Gasteiger partial charge in [0.25, 0.3) is 0 Å². The van der Waals surface area contributed by atoms with Gasteiger partial charge < -0.3 is 9.88 Å². The highest BCUT2D eigenvalue weighted by Gasteiger charge is 2.27. The Kier molecular flexibility index (Phi) is 4.36. The molecule has 8 heteroatoms. The Morgan fingerprint density at radius 3 is 2.70 bits per heavy atom. The summed E-state index contributed by atoms with van der Waals surface area (Å²) < 4.78 is 25.1. The molecule has 2 heterocycles. The van der Waals surface area contributed by atoms with Crippen molar-refractivity contribution in [2.24, 2.45) is 0 Å². The SMILES string of the molecule is CCS(=O)(=O)N1CCN(C(=O)Cc2ccc3nc[nH]c3c2)CC1. The lowest BCUT2D eigenvalue weighted by atomic mass is 10.1. The van der Waals surface area contributed by atoms with E-state index in [1.807, 2.05) is 18.2 Å². The van der Waals surface area contributed by atoms with Crippen LogP contribution in [0, 0.1) is 0 Å². The van der Waals surface area contributed by atoms with Crippen molar-refractivity contribution in [3.63, 3.8) is 0 Å². The topological polar surface area (TPSA) is 86.4 Å². The fourth-order valence-corrected chi connectivity index (χ4v) is 3.86. The van der Waals surface area contributed by atoms with Crippen LogP contribution in [0.15, 0.2) is 24.5 Å². The first kappa shape index (κ1) is 15.9. The number of aromatic nitrogens is 2. The fraction of sp³-hybridized carbons (Fsp3) is 0.467. The lowest BCUT2D eigenvalue weighted by Gasteiger charge is -2.33. The van der Waals surface area contributed by atoms with Gasteiger partial charge in [-0.1, -0.05) is 6.07 Å². The van der Waals surface area contributed by atoms with E-state index in [1.165, 1.54) is 4.31 Å². The molecule has 124 valence electrons. The minimum atomic E-state index is -3.16. The molecule has 7 nitrogen and oxygen atoms in total. The van der Waals surface area contributed by atoms with Crippen LogP contribution in [0.4, 0.5) is 0 Å². The van der Waals surface area contributed by atoms with Crippen LogP contribution >= 0.6 is 0 Å². The second-order valence-electron chi connectivity index (χ2n) is 5.61. The zero-order valence-electron chi connectivity index (χ0n) is 13.0. The molecule has 0 radical (unpaired) electrons. The van der Waals surface area contributed by atoms with Gasteiger partial charge in [0.05, 0.1) is 29.5 Å². The number of amides is 1. The molecule has 0 atom stereocenters. The molecule has 1 fully saturated rings. The summed E-state index contributed by atoms with van der Waals surface area (Å²) in [5.74, 6) is 0.128. The molecule has 1 amide bonds. The number of hydrogen-bond donors (Lipinski definition) is 1. The molecule has 1 aromatic heterocycles. The summed E-state index contributed by atoms with van der Waals surface area (Å²) in [7, 11) is -3.16. The molecule has 3 rings (SSSR count). The number of rotatable bonds is 4. The average Bonchev–Trinajstić information content (AvgIpc) is 3.02. The minimum Gasteiger partial charge on any atom is -0.345 e. The monoisotopic (exact) mass is 336 g/mol. The van der Waals surface area contributed by atoms with E-state index >= 15 is 0 Å². The molecule has 0 unspecified atom stereocenters. The number of carbonyl (C=O) groups is 1. The van der Waals surface area contributed by atoms with Crippen LogP contribution in [0.5, 0.6) is 0 Å². The van der Waals surface area contributed by atoms with Crippen molar-refractivity contribution >= 4 is 27.0 Å². The lowest BCUT2D eigenvalue weighted by Crippen LogP contribution is -2.51. The summed E-state index contributed by atoms with van der Waals surface area (Å²) in [4.78, 5) is 21.3. The first-order chi connectivity index (χ1) is 11.0. The first-order valence-corrected chi connectivity index (χ1v) is 9.28. The van der Waals surface area contributed by atoms with Gasteiger partial charge >= 0.3 is 0 Å². The van der Waals surface area contributed by atoms with Crippen molar-refractivity contribution in [3.05, 3.63) is 30.1 Å². The van der Waals surface area contributed by atoms with E-state index in [0.29, 0.717) is 32.6 Å². The standard InChI is InChI=1S/C15H20N4O3S/c1-2-23(21,22)19-7-5-18(6-8-19)15(20)10-12-3-4-13-14(9-12)17-11-16-13/h3-4,9,11H,2,5-8,10H2,1H3,(H,16,17). The molecule has 1 aromatic carbocycles. The van der Waals surface area contributed by atoms with Crippen molar-refractivity contribution < 1.29 is 13.2 Å². The van der Waals surface area contributed by atoms with Crippen LogP contribution in [0.1, 0.15) is 12.5 Å². The number of aromatic amines is 1. The minimum absolute atomic E-state index is 0.0254. The third-order valence-electron chi connectivity index (χ3n) is 4.19. The zero-order chi connectivity index (χ0) is 16.4. The van der Waals surface area contributed by atoms with Crippen molar-refractivity contribution in [1.82, 2.24) is 19.2 Å². The summed E-state index contributed by atoms with van der Waals surface area (Å²) in [5, 5.41) is 0. The summed E-state index contributed by atoms with van der Waals surface area (Å²) in [6.07, 6.45) is 1.94. The second kappa shape index (κ2) is 6.29. The van der Waals surface area contributed by atoms with E-state index in [4.69, 9.17) is 0 Å². The molecule has 2 aromatic rings. The summed E-state index contributed by atoms with van der Waals surface area (Å²) in [6, 6.07) is 5.72. The maximum absolute atomic E-state index is 12.4. The van der Waals surface area contributed by atoms with Gasteiger partial charge in [0.1, 0.15) is 0 Å². The van der Waals surface area contributed by atoms with Crippen LogP contribution in [0.3, 0.4) is 0 Å². The Morgan fingerprint density at radius 2 is 2.00 bits per heavy atom. The van der Waals surface area contributed by atoms with E-state index < -0.39 is 10.0 Å². The van der Waals surface area contributed by atoms with Crippen LogP contribution in [-0.2, 0) is 21.2 Å². The van der Waals surface area contributed by atoms with Crippen LogP contribution in [0.25, 0.3) is 11.0 Å². The van der Waals surface area contributed by atoms with Gasteiger partial charge in [-0.3, -0.25) is 4.79 Å². The molecule has 23 heavy (non-hydrogen) atoms. The molecule has 0 aliphatic carbocycles. The molecule has 0 saturated carbocycles. The van der Waals surface area contributed by atoms with Crippen molar-refractivity contribution in [2.75, 3.05) is 31.9 Å². The van der Waals surface area contributed by atoms with Crippen LogP contribution < -0.4 is 0 Å². The molecule has 1 saturated heterocycles. The number of nitrogens with zero attached hydrogens (tertiary/aromatic N) is 3. The Bertz CT molecular complexity index is 807. The molecular formula is C15H20N4O3S. The number of fused-ring (bicyclic) bond motifs is 1. The Morgan fingerprint density at radius 1 is 1.26 bits per heavy atom.